The molecule has 21 heavy (non-hydrogen) atoms. The van der Waals surface area contributed by atoms with E-state index in [9.17, 15) is 0 Å². The van der Waals surface area contributed by atoms with Crippen molar-refractivity contribution in [2.24, 2.45) is 0 Å². The fraction of sp³-hybridized carbons (Fsp3) is 0.0625. The number of nitrogens with zero attached hydrogens (tertiary/aromatic N) is 1. The highest BCUT2D eigenvalue weighted by molar-refractivity contribution is 6.34. The van der Waals surface area contributed by atoms with Crippen LogP contribution in [-0.2, 0) is 0 Å². The number of fused-ring (bicyclic) bond motifs is 1. The molecule has 3 aromatic rings. The Balaban J connectivity index is 0.00000161. The van der Waals surface area contributed by atoms with Crippen LogP contribution in [-0.4, -0.2) is 7.11 Å². The van der Waals surface area contributed by atoms with Crippen molar-refractivity contribution in [3.05, 3.63) is 64.9 Å². The summed E-state index contributed by atoms with van der Waals surface area (Å²) in [5.41, 5.74) is 0.912. The fourth-order valence-corrected chi connectivity index (χ4v) is 2.73. The molecule has 0 saturated heterocycles. The van der Waals surface area contributed by atoms with Gasteiger partial charge in [-0.1, -0.05) is 35.3 Å². The smallest absolute Gasteiger partial charge is 0.213 e. The minimum Gasteiger partial charge on any atom is -1.00 e. The van der Waals surface area contributed by atoms with Crippen molar-refractivity contribution in [1.29, 1.82) is 0 Å². The number of methoxy groups -OCH3 is 1. The lowest BCUT2D eigenvalue weighted by Crippen LogP contribution is -3.00. The molecular weight excluding hydrogens is 373 g/mol. The zero-order chi connectivity index (χ0) is 14.1. The molecule has 0 radical (unpaired) electrons. The number of aromatic nitrogens is 1. The number of rotatable bonds is 2. The molecule has 108 valence electrons. The first-order valence-electron chi connectivity index (χ1n) is 6.12. The van der Waals surface area contributed by atoms with Crippen LogP contribution in [0.1, 0.15) is 0 Å². The van der Waals surface area contributed by atoms with E-state index >= 15 is 0 Å². The van der Waals surface area contributed by atoms with E-state index in [0.29, 0.717) is 10.0 Å². The van der Waals surface area contributed by atoms with Gasteiger partial charge in [0, 0.05) is 28.2 Å². The Hall–Kier alpha value is -1.29. The van der Waals surface area contributed by atoms with E-state index in [1.807, 2.05) is 53.4 Å². The predicted molar refractivity (Wildman–Crippen MR) is 82.1 cm³/mol. The van der Waals surface area contributed by atoms with Crippen LogP contribution in [0.25, 0.3) is 16.5 Å². The lowest BCUT2D eigenvalue weighted by Gasteiger charge is -2.04. The van der Waals surface area contributed by atoms with Gasteiger partial charge in [-0.3, -0.25) is 0 Å². The summed E-state index contributed by atoms with van der Waals surface area (Å²) in [5, 5.41) is 3.38. The van der Waals surface area contributed by atoms with Gasteiger partial charge in [0.15, 0.2) is 12.4 Å². The molecule has 0 saturated carbocycles. The first-order valence-corrected chi connectivity index (χ1v) is 6.87. The zero-order valence-electron chi connectivity index (χ0n) is 11.2. The molecule has 0 amide bonds. The topological polar surface area (TPSA) is 13.1 Å². The van der Waals surface area contributed by atoms with Gasteiger partial charge in [0.1, 0.15) is 5.75 Å². The van der Waals surface area contributed by atoms with Crippen LogP contribution in [0.2, 0.25) is 10.0 Å². The van der Waals surface area contributed by atoms with E-state index < -0.39 is 0 Å². The average molecular weight is 385 g/mol. The number of ether oxygens (including phenoxy) is 1. The van der Waals surface area contributed by atoms with Crippen molar-refractivity contribution < 1.29 is 26.3 Å². The quantitative estimate of drug-likeness (QED) is 0.609. The van der Waals surface area contributed by atoms with Crippen molar-refractivity contribution >= 4 is 34.0 Å². The van der Waals surface area contributed by atoms with E-state index in [0.717, 1.165) is 22.2 Å². The molecule has 3 rings (SSSR count). The molecule has 0 N–H and O–H groups in total. The normalized spacial score (nSPS) is 10.2. The molecule has 0 unspecified atom stereocenters. The van der Waals surface area contributed by atoms with Gasteiger partial charge < -0.3 is 21.7 Å². The second kappa shape index (κ2) is 6.65. The molecule has 1 heterocycles. The van der Waals surface area contributed by atoms with E-state index in [2.05, 4.69) is 0 Å². The van der Waals surface area contributed by atoms with Gasteiger partial charge in [0.25, 0.3) is 0 Å². The van der Waals surface area contributed by atoms with E-state index in [1.54, 1.807) is 13.2 Å². The predicted octanol–water partition coefficient (Wildman–Crippen LogP) is 1.44. The van der Waals surface area contributed by atoms with Gasteiger partial charge >= 0.3 is 0 Å². The lowest BCUT2D eigenvalue weighted by atomic mass is 10.1. The number of hydrogen-bond donors (Lipinski definition) is 0. The Bertz CT molecular complexity index is 772. The van der Waals surface area contributed by atoms with Crippen LogP contribution in [0.15, 0.2) is 54.9 Å². The van der Waals surface area contributed by atoms with Crippen molar-refractivity contribution in [2.45, 2.75) is 0 Å². The molecular formula is C16H12BrCl2NO. The lowest BCUT2D eigenvalue weighted by molar-refractivity contribution is -0.594. The summed E-state index contributed by atoms with van der Waals surface area (Å²) in [6.45, 7) is 0. The maximum Gasteiger partial charge on any atom is 0.213 e. The third-order valence-electron chi connectivity index (χ3n) is 3.15. The SMILES string of the molecule is COc1cccc2cc[n+](-c3cc(Cl)cc(Cl)c3)cc12.[Br-]. The summed E-state index contributed by atoms with van der Waals surface area (Å²) in [5.74, 6) is 0.838. The summed E-state index contributed by atoms with van der Waals surface area (Å²) in [6, 6.07) is 13.5. The maximum atomic E-state index is 6.05. The third kappa shape index (κ3) is 3.31. The zero-order valence-corrected chi connectivity index (χ0v) is 14.3. The Morgan fingerprint density at radius 1 is 1.00 bits per heavy atom. The Kier molecular flexibility index (Phi) is 5.09. The Labute approximate surface area is 143 Å². The van der Waals surface area contributed by atoms with Crippen LogP contribution >= 0.6 is 23.2 Å². The van der Waals surface area contributed by atoms with Gasteiger partial charge in [0.2, 0.25) is 5.69 Å². The van der Waals surface area contributed by atoms with Gasteiger partial charge in [-0.05, 0) is 17.5 Å². The molecule has 0 aliphatic carbocycles. The average Bonchev–Trinajstić information content (AvgIpc) is 2.45. The first-order chi connectivity index (χ1) is 9.67. The molecule has 0 bridgehead atoms. The second-order valence-corrected chi connectivity index (χ2v) is 5.32. The minimum absolute atomic E-state index is 0. The summed E-state index contributed by atoms with van der Waals surface area (Å²) < 4.78 is 7.38. The van der Waals surface area contributed by atoms with Gasteiger partial charge in [-0.2, -0.15) is 4.57 Å². The van der Waals surface area contributed by atoms with Gasteiger partial charge in [-0.25, -0.2) is 0 Å². The van der Waals surface area contributed by atoms with E-state index in [4.69, 9.17) is 27.9 Å². The van der Waals surface area contributed by atoms with Crippen LogP contribution in [0.4, 0.5) is 0 Å². The van der Waals surface area contributed by atoms with Gasteiger partial charge in [-0.15, -0.1) is 0 Å². The standard InChI is InChI=1S/C16H12Cl2NO.BrH/c1-20-16-4-2-3-11-5-6-19(10-15(11)16)14-8-12(17)7-13(18)9-14;/h2-10H,1H3;1H/q+1;/p-1. The molecule has 5 heteroatoms. The third-order valence-corrected chi connectivity index (χ3v) is 3.58. The number of benzene rings is 2. The van der Waals surface area contributed by atoms with Gasteiger partial charge in [0.05, 0.1) is 12.5 Å². The number of pyridine rings is 1. The van der Waals surface area contributed by atoms with Crippen molar-refractivity contribution in [1.82, 2.24) is 0 Å². The minimum atomic E-state index is 0. The first kappa shape index (κ1) is 16.1. The van der Waals surface area contributed by atoms with Crippen LogP contribution < -0.4 is 26.3 Å². The Morgan fingerprint density at radius 3 is 2.38 bits per heavy atom. The Morgan fingerprint density at radius 2 is 1.71 bits per heavy atom. The van der Waals surface area contributed by atoms with Crippen molar-refractivity contribution in [3.8, 4) is 11.4 Å². The fourth-order valence-electron chi connectivity index (χ4n) is 2.21. The molecule has 0 spiro atoms. The monoisotopic (exact) mass is 383 g/mol. The van der Waals surface area contributed by atoms with E-state index in [-0.39, 0.29) is 17.0 Å². The summed E-state index contributed by atoms with van der Waals surface area (Å²) >= 11 is 12.1. The van der Waals surface area contributed by atoms with Crippen LogP contribution in [0, 0.1) is 0 Å². The highest BCUT2D eigenvalue weighted by Crippen LogP contribution is 2.24. The summed E-state index contributed by atoms with van der Waals surface area (Å²) in [6.07, 6.45) is 3.99. The molecule has 0 aliphatic heterocycles. The number of hydrogen-bond acceptors (Lipinski definition) is 1. The molecule has 2 nitrogen and oxygen atoms in total. The summed E-state index contributed by atoms with van der Waals surface area (Å²) in [4.78, 5) is 0. The largest absolute Gasteiger partial charge is 1.00 e. The second-order valence-electron chi connectivity index (χ2n) is 4.44. The molecule has 2 aromatic carbocycles. The van der Waals surface area contributed by atoms with Crippen LogP contribution in [0.5, 0.6) is 5.75 Å². The molecule has 1 aromatic heterocycles. The van der Waals surface area contributed by atoms with Crippen molar-refractivity contribution in [2.75, 3.05) is 7.11 Å². The molecule has 0 atom stereocenters. The van der Waals surface area contributed by atoms with E-state index in [1.165, 1.54) is 0 Å². The van der Waals surface area contributed by atoms with Crippen molar-refractivity contribution in [3.63, 3.8) is 0 Å². The summed E-state index contributed by atoms with van der Waals surface area (Å²) in [7, 11) is 1.67. The number of halogens is 3. The maximum absolute atomic E-state index is 6.05. The highest BCUT2D eigenvalue weighted by atomic mass is 79.9. The highest BCUT2D eigenvalue weighted by Gasteiger charge is 2.11. The van der Waals surface area contributed by atoms with Crippen LogP contribution in [0.3, 0.4) is 0 Å². The molecule has 0 aliphatic rings. The molecule has 0 fully saturated rings.